The molecule has 1 heterocycles. The Morgan fingerprint density at radius 2 is 1.89 bits per heavy atom. The summed E-state index contributed by atoms with van der Waals surface area (Å²) in [5.41, 5.74) is 5.86. The monoisotopic (exact) mass is 362 g/mol. The fourth-order valence-corrected chi connectivity index (χ4v) is 2.08. The van der Waals surface area contributed by atoms with Gasteiger partial charge in [0, 0.05) is 3.57 Å². The van der Waals surface area contributed by atoms with E-state index in [9.17, 15) is 0 Å². The molecule has 2 aromatic carbocycles. The SMILES string of the molecule is Ic1ccc(/C=N\Nc2nc3ccccc3[nH]2)cc1. The summed E-state index contributed by atoms with van der Waals surface area (Å²) in [5.74, 6) is 0.642. The molecular weight excluding hydrogens is 351 g/mol. The molecule has 0 amide bonds. The predicted molar refractivity (Wildman–Crippen MR) is 86.5 cm³/mol. The molecular formula is C14H11IN4. The van der Waals surface area contributed by atoms with Gasteiger partial charge in [-0.2, -0.15) is 5.10 Å². The van der Waals surface area contributed by atoms with Gasteiger partial charge in [0.25, 0.3) is 0 Å². The standard InChI is InChI=1S/C14H11IN4/c15-11-7-5-10(6-8-11)9-16-19-14-17-12-3-1-2-4-13(12)18-14/h1-9H,(H2,17,18,19)/b16-9-. The largest absolute Gasteiger partial charge is 0.323 e. The number of hydrazone groups is 1. The minimum atomic E-state index is 0.642. The van der Waals surface area contributed by atoms with Crippen molar-refractivity contribution in [2.24, 2.45) is 5.10 Å². The molecule has 0 radical (unpaired) electrons. The smallest absolute Gasteiger partial charge is 0.222 e. The van der Waals surface area contributed by atoms with E-state index >= 15 is 0 Å². The lowest BCUT2D eigenvalue weighted by atomic mass is 10.2. The van der Waals surface area contributed by atoms with Crippen LogP contribution in [0.2, 0.25) is 0 Å². The zero-order valence-corrected chi connectivity index (χ0v) is 12.1. The average molecular weight is 362 g/mol. The number of H-pyrrole nitrogens is 1. The third-order valence-electron chi connectivity index (χ3n) is 2.64. The third-order valence-corrected chi connectivity index (χ3v) is 3.36. The quantitative estimate of drug-likeness (QED) is 0.425. The number of fused-ring (bicyclic) bond motifs is 1. The molecule has 0 spiro atoms. The van der Waals surface area contributed by atoms with Gasteiger partial charge >= 0.3 is 0 Å². The number of hydrogen-bond acceptors (Lipinski definition) is 3. The highest BCUT2D eigenvalue weighted by molar-refractivity contribution is 14.1. The minimum absolute atomic E-state index is 0.642. The molecule has 1 aromatic heterocycles. The van der Waals surface area contributed by atoms with E-state index in [-0.39, 0.29) is 0 Å². The molecule has 94 valence electrons. The van der Waals surface area contributed by atoms with Crippen LogP contribution in [0.15, 0.2) is 53.6 Å². The number of nitrogens with one attached hydrogen (secondary N) is 2. The van der Waals surface area contributed by atoms with Crippen LogP contribution in [-0.4, -0.2) is 16.2 Å². The van der Waals surface area contributed by atoms with Crippen molar-refractivity contribution in [2.45, 2.75) is 0 Å². The second-order valence-electron chi connectivity index (χ2n) is 4.02. The molecule has 3 aromatic rings. The Balaban J connectivity index is 1.73. The lowest BCUT2D eigenvalue weighted by Gasteiger charge is -1.94. The number of anilines is 1. The normalized spacial score (nSPS) is 11.2. The lowest BCUT2D eigenvalue weighted by Crippen LogP contribution is -1.92. The molecule has 0 aliphatic heterocycles. The zero-order valence-electron chi connectivity index (χ0n) is 9.97. The first-order valence-corrected chi connectivity index (χ1v) is 6.88. The maximum Gasteiger partial charge on any atom is 0.222 e. The molecule has 0 bridgehead atoms. The number of aromatic nitrogens is 2. The Labute approximate surface area is 124 Å². The van der Waals surface area contributed by atoms with Gasteiger partial charge in [-0.05, 0) is 52.4 Å². The summed E-state index contributed by atoms with van der Waals surface area (Å²) in [6.45, 7) is 0. The van der Waals surface area contributed by atoms with Crippen LogP contribution in [-0.2, 0) is 0 Å². The van der Waals surface area contributed by atoms with Gasteiger partial charge in [0.05, 0.1) is 17.2 Å². The van der Waals surface area contributed by atoms with Crippen molar-refractivity contribution in [2.75, 3.05) is 5.43 Å². The Bertz CT molecular complexity index is 683. The highest BCUT2D eigenvalue weighted by Gasteiger charge is 1.99. The van der Waals surface area contributed by atoms with Crippen molar-refractivity contribution in [3.8, 4) is 0 Å². The van der Waals surface area contributed by atoms with E-state index in [1.165, 1.54) is 3.57 Å². The van der Waals surface area contributed by atoms with Crippen LogP contribution in [0.3, 0.4) is 0 Å². The van der Waals surface area contributed by atoms with Gasteiger partial charge in [0.15, 0.2) is 0 Å². The van der Waals surface area contributed by atoms with Crippen LogP contribution in [0.4, 0.5) is 5.95 Å². The van der Waals surface area contributed by atoms with Crippen molar-refractivity contribution in [3.05, 3.63) is 57.7 Å². The van der Waals surface area contributed by atoms with Crippen LogP contribution >= 0.6 is 22.6 Å². The first-order chi connectivity index (χ1) is 9.31. The first kappa shape index (κ1) is 12.2. The number of benzene rings is 2. The molecule has 0 fully saturated rings. The molecule has 2 N–H and O–H groups in total. The van der Waals surface area contributed by atoms with Crippen LogP contribution in [0.1, 0.15) is 5.56 Å². The Morgan fingerprint density at radius 3 is 2.68 bits per heavy atom. The number of imidazole rings is 1. The second kappa shape index (κ2) is 5.40. The summed E-state index contributed by atoms with van der Waals surface area (Å²) in [6, 6.07) is 16.0. The van der Waals surface area contributed by atoms with Crippen LogP contribution in [0, 0.1) is 3.57 Å². The highest BCUT2D eigenvalue weighted by Crippen LogP contribution is 2.13. The lowest BCUT2D eigenvalue weighted by molar-refractivity contribution is 1.21. The van der Waals surface area contributed by atoms with E-state index < -0.39 is 0 Å². The summed E-state index contributed by atoms with van der Waals surface area (Å²) in [4.78, 5) is 7.53. The van der Waals surface area contributed by atoms with Crippen molar-refractivity contribution >= 4 is 45.8 Å². The van der Waals surface area contributed by atoms with E-state index in [1.54, 1.807) is 6.21 Å². The second-order valence-corrected chi connectivity index (χ2v) is 5.27. The molecule has 4 nitrogen and oxygen atoms in total. The van der Waals surface area contributed by atoms with Gasteiger partial charge in [0.2, 0.25) is 5.95 Å². The van der Waals surface area contributed by atoms with Gasteiger partial charge < -0.3 is 4.98 Å². The summed E-state index contributed by atoms with van der Waals surface area (Å²) < 4.78 is 1.21. The average Bonchev–Trinajstić information content (AvgIpc) is 2.83. The molecule has 0 aliphatic rings. The van der Waals surface area contributed by atoms with Gasteiger partial charge in [-0.15, -0.1) is 0 Å². The fourth-order valence-electron chi connectivity index (χ4n) is 1.72. The van der Waals surface area contributed by atoms with Gasteiger partial charge in [-0.1, -0.05) is 24.3 Å². The number of hydrogen-bond donors (Lipinski definition) is 2. The van der Waals surface area contributed by atoms with Crippen molar-refractivity contribution in [3.63, 3.8) is 0 Å². The van der Waals surface area contributed by atoms with E-state index in [4.69, 9.17) is 0 Å². The molecule has 0 unspecified atom stereocenters. The molecule has 0 saturated carbocycles. The van der Waals surface area contributed by atoms with E-state index in [0.717, 1.165) is 16.6 Å². The highest BCUT2D eigenvalue weighted by atomic mass is 127. The summed E-state index contributed by atoms with van der Waals surface area (Å²) in [7, 11) is 0. The van der Waals surface area contributed by atoms with E-state index in [2.05, 4.69) is 43.1 Å². The number of para-hydroxylation sites is 2. The topological polar surface area (TPSA) is 53.1 Å². The molecule has 0 atom stereocenters. The Morgan fingerprint density at radius 1 is 1.11 bits per heavy atom. The number of nitrogens with zero attached hydrogens (tertiary/aromatic N) is 2. The van der Waals surface area contributed by atoms with Gasteiger partial charge in [-0.3, -0.25) is 0 Å². The molecule has 5 heteroatoms. The molecule has 0 aliphatic carbocycles. The maximum absolute atomic E-state index is 4.38. The molecule has 3 rings (SSSR count). The van der Waals surface area contributed by atoms with Crippen LogP contribution in [0.25, 0.3) is 11.0 Å². The number of halogens is 1. The van der Waals surface area contributed by atoms with Gasteiger partial charge in [-0.25, -0.2) is 10.4 Å². The minimum Gasteiger partial charge on any atom is -0.323 e. The van der Waals surface area contributed by atoms with Crippen LogP contribution < -0.4 is 5.43 Å². The van der Waals surface area contributed by atoms with Crippen molar-refractivity contribution in [1.82, 2.24) is 9.97 Å². The third kappa shape index (κ3) is 2.93. The van der Waals surface area contributed by atoms with E-state index in [0.29, 0.717) is 5.95 Å². The Kier molecular flexibility index (Phi) is 3.45. The summed E-state index contributed by atoms with van der Waals surface area (Å²) in [5, 5.41) is 4.17. The van der Waals surface area contributed by atoms with E-state index in [1.807, 2.05) is 48.5 Å². The van der Waals surface area contributed by atoms with Crippen LogP contribution in [0.5, 0.6) is 0 Å². The predicted octanol–water partition coefficient (Wildman–Crippen LogP) is 3.61. The number of aromatic amines is 1. The number of rotatable bonds is 3. The summed E-state index contributed by atoms with van der Waals surface area (Å²) >= 11 is 2.28. The van der Waals surface area contributed by atoms with Gasteiger partial charge in [0.1, 0.15) is 0 Å². The Hall–Kier alpha value is -1.89. The first-order valence-electron chi connectivity index (χ1n) is 5.81. The molecule has 0 saturated heterocycles. The fraction of sp³-hybridized carbons (Fsp3) is 0. The summed E-state index contributed by atoms with van der Waals surface area (Å²) in [6.07, 6.45) is 1.77. The molecule has 19 heavy (non-hydrogen) atoms. The van der Waals surface area contributed by atoms with Crippen molar-refractivity contribution in [1.29, 1.82) is 0 Å². The van der Waals surface area contributed by atoms with Crippen molar-refractivity contribution < 1.29 is 0 Å². The maximum atomic E-state index is 4.38. The zero-order chi connectivity index (χ0) is 13.1.